The van der Waals surface area contributed by atoms with E-state index in [4.69, 9.17) is 11.6 Å². The number of hydrogen-bond acceptors (Lipinski definition) is 3. The van der Waals surface area contributed by atoms with Gasteiger partial charge in [-0.15, -0.1) is 0 Å². The van der Waals surface area contributed by atoms with E-state index >= 15 is 0 Å². The quantitative estimate of drug-likeness (QED) is 0.808. The number of nitrogens with zero attached hydrogens (tertiary/aromatic N) is 2. The number of pyridine rings is 1. The molecule has 1 rings (SSSR count). The minimum Gasteiger partial charge on any atom is -0.373 e. The largest absolute Gasteiger partial charge is 0.373 e. The number of carbonyl (C=O) groups excluding carboxylic acids is 1. The molecule has 5 heteroatoms. The number of anilines is 1. The highest BCUT2D eigenvalue weighted by molar-refractivity contribution is 6.29. The second kappa shape index (κ2) is 7.21. The van der Waals surface area contributed by atoms with Crippen LogP contribution in [0.4, 0.5) is 5.82 Å². The van der Waals surface area contributed by atoms with Crippen molar-refractivity contribution in [3.8, 4) is 0 Å². The summed E-state index contributed by atoms with van der Waals surface area (Å²) in [6.45, 7) is 5.66. The Balaban J connectivity index is 2.96. The van der Waals surface area contributed by atoms with Crippen molar-refractivity contribution in [3.63, 3.8) is 0 Å². The van der Waals surface area contributed by atoms with Crippen LogP contribution in [-0.4, -0.2) is 35.9 Å². The van der Waals surface area contributed by atoms with E-state index < -0.39 is 0 Å². The molecule has 0 aliphatic heterocycles. The number of nitrogens with one attached hydrogen (secondary N) is 1. The Morgan fingerprint density at radius 3 is 2.44 bits per heavy atom. The van der Waals surface area contributed by atoms with E-state index in [1.54, 1.807) is 19.2 Å². The third-order valence-electron chi connectivity index (χ3n) is 2.57. The van der Waals surface area contributed by atoms with Gasteiger partial charge in [-0.1, -0.05) is 25.4 Å². The highest BCUT2D eigenvalue weighted by Crippen LogP contribution is 2.16. The van der Waals surface area contributed by atoms with Gasteiger partial charge in [0.2, 0.25) is 0 Å². The molecule has 0 spiro atoms. The van der Waals surface area contributed by atoms with Gasteiger partial charge < -0.3 is 10.2 Å². The Labute approximate surface area is 113 Å². The van der Waals surface area contributed by atoms with Crippen LogP contribution in [0.5, 0.6) is 0 Å². The molecule has 0 fully saturated rings. The van der Waals surface area contributed by atoms with Crippen molar-refractivity contribution in [1.29, 1.82) is 0 Å². The maximum absolute atomic E-state index is 12.4. The van der Waals surface area contributed by atoms with E-state index in [0.29, 0.717) is 16.5 Å². The van der Waals surface area contributed by atoms with E-state index in [2.05, 4.69) is 24.1 Å². The predicted molar refractivity (Wildman–Crippen MR) is 75.3 cm³/mol. The van der Waals surface area contributed by atoms with Crippen LogP contribution in [0.2, 0.25) is 5.15 Å². The molecule has 0 unspecified atom stereocenters. The fourth-order valence-corrected chi connectivity index (χ4v) is 1.99. The molecule has 1 heterocycles. The predicted octanol–water partition coefficient (Wildman–Crippen LogP) is 3.04. The van der Waals surface area contributed by atoms with Crippen LogP contribution in [0.1, 0.15) is 37.0 Å². The summed E-state index contributed by atoms with van der Waals surface area (Å²) < 4.78 is 0. The minimum absolute atomic E-state index is 0.0134. The van der Waals surface area contributed by atoms with Gasteiger partial charge in [0.25, 0.3) is 5.91 Å². The molecule has 0 saturated heterocycles. The topological polar surface area (TPSA) is 45.2 Å². The average molecular weight is 270 g/mol. The van der Waals surface area contributed by atoms with Crippen molar-refractivity contribution in [2.24, 2.45) is 0 Å². The summed E-state index contributed by atoms with van der Waals surface area (Å²) >= 11 is 5.91. The smallest absolute Gasteiger partial charge is 0.254 e. The molecule has 0 saturated carbocycles. The monoisotopic (exact) mass is 269 g/mol. The van der Waals surface area contributed by atoms with E-state index in [1.807, 2.05) is 4.90 Å². The van der Waals surface area contributed by atoms with Crippen molar-refractivity contribution >= 4 is 23.3 Å². The molecule has 0 aliphatic carbocycles. The molecule has 1 aromatic heterocycles. The lowest BCUT2D eigenvalue weighted by molar-refractivity contribution is 0.0755. The summed E-state index contributed by atoms with van der Waals surface area (Å²) in [5, 5.41) is 3.23. The maximum atomic E-state index is 12.4. The highest BCUT2D eigenvalue weighted by Gasteiger charge is 2.15. The number of rotatable bonds is 6. The van der Waals surface area contributed by atoms with Gasteiger partial charge in [-0.05, 0) is 25.0 Å². The Hall–Kier alpha value is -1.29. The molecule has 0 aliphatic rings. The molecular weight excluding hydrogens is 250 g/mol. The number of amides is 1. The van der Waals surface area contributed by atoms with Crippen LogP contribution < -0.4 is 5.32 Å². The van der Waals surface area contributed by atoms with Gasteiger partial charge in [0, 0.05) is 25.7 Å². The van der Waals surface area contributed by atoms with Crippen LogP contribution in [-0.2, 0) is 0 Å². The second-order valence-corrected chi connectivity index (χ2v) is 4.49. The molecule has 0 bridgehead atoms. The summed E-state index contributed by atoms with van der Waals surface area (Å²) in [7, 11) is 1.75. The fourth-order valence-electron chi connectivity index (χ4n) is 1.79. The van der Waals surface area contributed by atoms with E-state index in [9.17, 15) is 4.79 Å². The number of hydrogen-bond donors (Lipinski definition) is 1. The number of carbonyl (C=O) groups is 1. The van der Waals surface area contributed by atoms with Gasteiger partial charge in [-0.2, -0.15) is 0 Å². The molecule has 0 atom stereocenters. The Bertz CT molecular complexity index is 403. The molecule has 0 radical (unpaired) electrons. The molecule has 18 heavy (non-hydrogen) atoms. The van der Waals surface area contributed by atoms with Crippen LogP contribution in [0.25, 0.3) is 0 Å². The summed E-state index contributed by atoms with van der Waals surface area (Å²) in [6, 6.07) is 3.34. The van der Waals surface area contributed by atoms with Crippen LogP contribution in [0.3, 0.4) is 0 Å². The lowest BCUT2D eigenvalue weighted by atomic mass is 10.2. The van der Waals surface area contributed by atoms with Gasteiger partial charge in [0.1, 0.15) is 11.0 Å². The van der Waals surface area contributed by atoms with Crippen molar-refractivity contribution in [1.82, 2.24) is 9.88 Å². The second-order valence-electron chi connectivity index (χ2n) is 4.11. The van der Waals surface area contributed by atoms with Crippen LogP contribution >= 0.6 is 11.6 Å². The molecule has 1 aromatic rings. The fraction of sp³-hybridized carbons (Fsp3) is 0.538. The first kappa shape index (κ1) is 14.8. The zero-order valence-corrected chi connectivity index (χ0v) is 11.9. The molecule has 4 nitrogen and oxygen atoms in total. The Morgan fingerprint density at radius 2 is 1.94 bits per heavy atom. The molecule has 1 N–H and O–H groups in total. The zero-order chi connectivity index (χ0) is 13.5. The summed E-state index contributed by atoms with van der Waals surface area (Å²) in [6.07, 6.45) is 1.90. The SMILES string of the molecule is CCCN(CCC)C(=O)c1cc(Cl)nc(NC)c1. The average Bonchev–Trinajstić information content (AvgIpc) is 2.36. The first-order chi connectivity index (χ1) is 8.62. The van der Waals surface area contributed by atoms with Crippen LogP contribution in [0, 0.1) is 0 Å². The van der Waals surface area contributed by atoms with Gasteiger partial charge in [-0.3, -0.25) is 4.79 Å². The normalized spacial score (nSPS) is 10.2. The van der Waals surface area contributed by atoms with Crippen molar-refractivity contribution in [3.05, 3.63) is 22.8 Å². The third-order valence-corrected chi connectivity index (χ3v) is 2.77. The van der Waals surface area contributed by atoms with Crippen molar-refractivity contribution < 1.29 is 4.79 Å². The van der Waals surface area contributed by atoms with Crippen molar-refractivity contribution in [2.45, 2.75) is 26.7 Å². The Kier molecular flexibility index (Phi) is 5.92. The maximum Gasteiger partial charge on any atom is 0.254 e. The van der Waals surface area contributed by atoms with Gasteiger partial charge in [-0.25, -0.2) is 4.98 Å². The lowest BCUT2D eigenvalue weighted by Gasteiger charge is -2.21. The standard InChI is InChI=1S/C13H20ClN3O/c1-4-6-17(7-5-2)13(18)10-8-11(14)16-12(9-10)15-3/h8-9H,4-7H2,1-3H3,(H,15,16). The molecular formula is C13H20ClN3O. The third kappa shape index (κ3) is 3.88. The van der Waals surface area contributed by atoms with Crippen molar-refractivity contribution in [2.75, 3.05) is 25.5 Å². The minimum atomic E-state index is 0.0134. The van der Waals surface area contributed by atoms with Gasteiger partial charge >= 0.3 is 0 Å². The zero-order valence-electron chi connectivity index (χ0n) is 11.2. The Morgan fingerprint density at radius 1 is 1.33 bits per heavy atom. The summed E-state index contributed by atoms with van der Waals surface area (Å²) in [5.74, 6) is 0.623. The molecule has 1 amide bonds. The molecule has 0 aromatic carbocycles. The summed E-state index contributed by atoms with van der Waals surface area (Å²) in [5.41, 5.74) is 0.584. The van der Waals surface area contributed by atoms with Crippen LogP contribution in [0.15, 0.2) is 12.1 Å². The van der Waals surface area contributed by atoms with Gasteiger partial charge in [0.15, 0.2) is 0 Å². The first-order valence-electron chi connectivity index (χ1n) is 6.27. The van der Waals surface area contributed by atoms with E-state index in [-0.39, 0.29) is 5.91 Å². The first-order valence-corrected chi connectivity index (χ1v) is 6.64. The van der Waals surface area contributed by atoms with E-state index in [0.717, 1.165) is 25.9 Å². The van der Waals surface area contributed by atoms with E-state index in [1.165, 1.54) is 0 Å². The van der Waals surface area contributed by atoms with Gasteiger partial charge in [0.05, 0.1) is 0 Å². The number of halogens is 1. The number of aromatic nitrogens is 1. The lowest BCUT2D eigenvalue weighted by Crippen LogP contribution is -2.32. The highest BCUT2D eigenvalue weighted by atomic mass is 35.5. The molecule has 100 valence electrons. The summed E-state index contributed by atoms with van der Waals surface area (Å²) in [4.78, 5) is 18.3.